The van der Waals surface area contributed by atoms with E-state index >= 15 is 0 Å². The second kappa shape index (κ2) is 8.34. The van der Waals surface area contributed by atoms with E-state index in [2.05, 4.69) is 5.32 Å². The molecule has 1 atom stereocenters. The largest absolute Gasteiger partial charge is 0.416 e. The van der Waals surface area contributed by atoms with Crippen molar-refractivity contribution >= 4 is 23.2 Å². The molecule has 2 aromatic carbocycles. The van der Waals surface area contributed by atoms with Gasteiger partial charge < -0.3 is 5.32 Å². The van der Waals surface area contributed by atoms with Crippen LogP contribution in [0.15, 0.2) is 36.4 Å². The van der Waals surface area contributed by atoms with Crippen LogP contribution in [0.5, 0.6) is 0 Å². The summed E-state index contributed by atoms with van der Waals surface area (Å²) in [4.78, 5) is 1.80. The van der Waals surface area contributed by atoms with E-state index in [9.17, 15) is 26.3 Å². The van der Waals surface area contributed by atoms with Gasteiger partial charge in [0, 0.05) is 32.2 Å². The van der Waals surface area contributed by atoms with Crippen LogP contribution in [0, 0.1) is 0 Å². The quantitative estimate of drug-likeness (QED) is 0.554. The molecule has 0 bridgehead atoms. The second-order valence-electron chi connectivity index (χ2n) is 6.83. The molecule has 29 heavy (non-hydrogen) atoms. The van der Waals surface area contributed by atoms with Crippen LogP contribution < -0.4 is 5.32 Å². The molecule has 2 aromatic rings. The number of hydrogen-bond acceptors (Lipinski definition) is 2. The fourth-order valence-electron chi connectivity index (χ4n) is 3.28. The molecule has 1 heterocycles. The zero-order valence-electron chi connectivity index (χ0n) is 14.8. The average Bonchev–Trinajstić information content (AvgIpc) is 2.62. The summed E-state index contributed by atoms with van der Waals surface area (Å²) in [5.41, 5.74) is -1.82. The summed E-state index contributed by atoms with van der Waals surface area (Å²) in [5, 5.41) is 4.03. The van der Waals surface area contributed by atoms with Crippen molar-refractivity contribution in [2.24, 2.45) is 0 Å². The lowest BCUT2D eigenvalue weighted by molar-refractivity contribution is -0.143. The highest BCUT2D eigenvalue weighted by atomic mass is 35.5. The molecular formula is C19H16Cl2F6N2. The molecule has 0 amide bonds. The van der Waals surface area contributed by atoms with E-state index < -0.39 is 23.5 Å². The van der Waals surface area contributed by atoms with Crippen LogP contribution in [-0.4, -0.2) is 24.5 Å². The van der Waals surface area contributed by atoms with Crippen molar-refractivity contribution in [2.45, 2.75) is 24.9 Å². The van der Waals surface area contributed by atoms with Crippen molar-refractivity contribution < 1.29 is 26.3 Å². The summed E-state index contributed by atoms with van der Waals surface area (Å²) in [6.45, 7) is 1.37. The van der Waals surface area contributed by atoms with Crippen LogP contribution in [0.2, 0.25) is 10.0 Å². The lowest BCUT2D eigenvalue weighted by atomic mass is 10.0. The van der Waals surface area contributed by atoms with Gasteiger partial charge in [0.2, 0.25) is 0 Å². The summed E-state index contributed by atoms with van der Waals surface area (Å²) in [6, 6.07) is 6.61. The highest BCUT2D eigenvalue weighted by Crippen LogP contribution is 2.37. The van der Waals surface area contributed by atoms with E-state index in [-0.39, 0.29) is 24.2 Å². The topological polar surface area (TPSA) is 15.3 Å². The second-order valence-corrected chi connectivity index (χ2v) is 7.64. The lowest BCUT2D eigenvalue weighted by Gasteiger charge is -2.34. The number of rotatable bonds is 3. The Morgan fingerprint density at radius 1 is 0.897 bits per heavy atom. The van der Waals surface area contributed by atoms with E-state index in [1.54, 1.807) is 23.1 Å². The van der Waals surface area contributed by atoms with Crippen LogP contribution in [-0.2, 0) is 18.9 Å². The van der Waals surface area contributed by atoms with E-state index in [1.807, 2.05) is 0 Å². The standard InChI is InChI=1S/C19H16Cl2F6N2/c20-15-2-1-12(7-16(15)21)17-10-29(4-3-28-17)9-11-5-13(18(22,23)24)8-14(6-11)19(25,26)27/h1-2,5-8,17,28H,3-4,9-10H2. The van der Waals surface area contributed by atoms with Gasteiger partial charge in [-0.3, -0.25) is 4.90 Å². The minimum Gasteiger partial charge on any atom is -0.308 e. The first-order valence-electron chi connectivity index (χ1n) is 8.62. The number of hydrogen-bond donors (Lipinski definition) is 1. The fraction of sp³-hybridized carbons (Fsp3) is 0.368. The van der Waals surface area contributed by atoms with Crippen molar-refractivity contribution in [3.63, 3.8) is 0 Å². The minimum atomic E-state index is -4.86. The zero-order chi connectivity index (χ0) is 21.4. The third kappa shape index (κ3) is 5.57. The molecule has 1 aliphatic heterocycles. The van der Waals surface area contributed by atoms with Gasteiger partial charge >= 0.3 is 12.4 Å². The Bertz CT molecular complexity index is 850. The number of piperazine rings is 1. The van der Waals surface area contributed by atoms with Gasteiger partial charge in [-0.05, 0) is 41.5 Å². The number of alkyl halides is 6. The average molecular weight is 457 g/mol. The highest BCUT2D eigenvalue weighted by molar-refractivity contribution is 6.42. The normalized spacial score (nSPS) is 18.8. The van der Waals surface area contributed by atoms with Gasteiger partial charge in [0.15, 0.2) is 0 Å². The Balaban J connectivity index is 1.82. The van der Waals surface area contributed by atoms with Crippen LogP contribution in [0.1, 0.15) is 28.3 Å². The Labute approximate surface area is 173 Å². The predicted octanol–water partition coefficient (Wildman–Crippen LogP) is 6.18. The molecule has 1 N–H and O–H groups in total. The molecule has 0 saturated carbocycles. The molecule has 10 heteroatoms. The Hall–Kier alpha value is -1.48. The smallest absolute Gasteiger partial charge is 0.308 e. The summed E-state index contributed by atoms with van der Waals surface area (Å²) in [7, 11) is 0. The number of nitrogens with zero attached hydrogens (tertiary/aromatic N) is 1. The van der Waals surface area contributed by atoms with Gasteiger partial charge in [0.25, 0.3) is 0 Å². The van der Waals surface area contributed by atoms with E-state index in [0.717, 1.165) is 17.7 Å². The Morgan fingerprint density at radius 3 is 2.07 bits per heavy atom. The van der Waals surface area contributed by atoms with Gasteiger partial charge in [-0.1, -0.05) is 29.3 Å². The SMILES string of the molecule is FC(F)(F)c1cc(CN2CCNC(c3ccc(Cl)c(Cl)c3)C2)cc(C(F)(F)F)c1. The van der Waals surface area contributed by atoms with Gasteiger partial charge in [-0.25, -0.2) is 0 Å². The Kier molecular flexibility index (Phi) is 6.38. The van der Waals surface area contributed by atoms with Crippen molar-refractivity contribution in [1.29, 1.82) is 0 Å². The molecule has 1 saturated heterocycles. The molecule has 158 valence electrons. The van der Waals surface area contributed by atoms with Crippen LogP contribution >= 0.6 is 23.2 Å². The van der Waals surface area contributed by atoms with Crippen molar-refractivity contribution in [2.75, 3.05) is 19.6 Å². The maximum Gasteiger partial charge on any atom is 0.416 e. The number of halogens is 8. The molecule has 0 spiro atoms. The monoisotopic (exact) mass is 456 g/mol. The van der Waals surface area contributed by atoms with Crippen LogP contribution in [0.3, 0.4) is 0 Å². The highest BCUT2D eigenvalue weighted by Gasteiger charge is 2.37. The van der Waals surface area contributed by atoms with Gasteiger partial charge in [-0.2, -0.15) is 26.3 Å². The maximum atomic E-state index is 13.1. The van der Waals surface area contributed by atoms with Crippen molar-refractivity contribution in [3.8, 4) is 0 Å². The molecule has 0 aliphatic carbocycles. The lowest BCUT2D eigenvalue weighted by Crippen LogP contribution is -2.45. The molecule has 1 unspecified atom stereocenters. The molecule has 3 rings (SSSR count). The van der Waals surface area contributed by atoms with E-state index in [1.165, 1.54) is 0 Å². The summed E-state index contributed by atoms with van der Waals surface area (Å²) in [6.07, 6.45) is -9.72. The predicted molar refractivity (Wildman–Crippen MR) is 98.9 cm³/mol. The van der Waals surface area contributed by atoms with E-state index in [4.69, 9.17) is 23.2 Å². The Morgan fingerprint density at radius 2 is 1.52 bits per heavy atom. The molecular weight excluding hydrogens is 441 g/mol. The maximum absolute atomic E-state index is 13.1. The first-order valence-corrected chi connectivity index (χ1v) is 9.38. The molecule has 2 nitrogen and oxygen atoms in total. The van der Waals surface area contributed by atoms with Crippen LogP contribution in [0.4, 0.5) is 26.3 Å². The summed E-state index contributed by atoms with van der Waals surface area (Å²) < 4.78 is 78.3. The summed E-state index contributed by atoms with van der Waals surface area (Å²) in [5.74, 6) is 0. The summed E-state index contributed by atoms with van der Waals surface area (Å²) >= 11 is 11.9. The molecule has 0 aromatic heterocycles. The molecule has 1 fully saturated rings. The van der Waals surface area contributed by atoms with E-state index in [0.29, 0.717) is 29.7 Å². The third-order valence-corrected chi connectivity index (χ3v) is 5.40. The zero-order valence-corrected chi connectivity index (χ0v) is 16.4. The molecule has 0 radical (unpaired) electrons. The van der Waals surface area contributed by atoms with Gasteiger partial charge in [0.05, 0.1) is 21.2 Å². The fourth-order valence-corrected chi connectivity index (χ4v) is 3.58. The first kappa shape index (κ1) is 22.2. The van der Waals surface area contributed by atoms with Gasteiger partial charge in [0.1, 0.15) is 0 Å². The molecule has 1 aliphatic rings. The third-order valence-electron chi connectivity index (χ3n) is 4.66. The minimum absolute atomic E-state index is 0.0352. The van der Waals surface area contributed by atoms with Crippen molar-refractivity contribution in [1.82, 2.24) is 10.2 Å². The number of nitrogens with one attached hydrogen (secondary N) is 1. The van der Waals surface area contributed by atoms with Crippen LogP contribution in [0.25, 0.3) is 0 Å². The number of benzene rings is 2. The van der Waals surface area contributed by atoms with Gasteiger partial charge in [-0.15, -0.1) is 0 Å². The first-order chi connectivity index (χ1) is 13.4. The van der Waals surface area contributed by atoms with Crippen molar-refractivity contribution in [3.05, 3.63) is 68.7 Å².